The van der Waals surface area contributed by atoms with Gasteiger partial charge in [0.25, 0.3) is 5.89 Å². The molecule has 1 aliphatic carbocycles. The minimum absolute atomic E-state index is 0.0187. The van der Waals surface area contributed by atoms with E-state index in [4.69, 9.17) is 10.3 Å². The number of aromatic nitrogens is 6. The molecule has 10 nitrogen and oxygen atoms in total. The zero-order valence-corrected chi connectivity index (χ0v) is 18.9. The maximum Gasteiger partial charge on any atom is 0.261 e. The zero-order chi connectivity index (χ0) is 23.1. The second kappa shape index (κ2) is 8.07. The Labute approximate surface area is 190 Å². The van der Waals surface area contributed by atoms with E-state index in [1.807, 2.05) is 12.1 Å². The molecule has 4 aromatic rings. The monoisotopic (exact) mass is 465 g/mol. The third kappa shape index (κ3) is 4.23. The Hall–Kier alpha value is -3.60. The summed E-state index contributed by atoms with van der Waals surface area (Å²) >= 11 is 0. The average Bonchev–Trinajstić information content (AvgIpc) is 3.42. The molecule has 2 N–H and O–H groups in total. The molecule has 1 saturated carbocycles. The number of sulfone groups is 1. The van der Waals surface area contributed by atoms with Crippen molar-refractivity contribution in [3.05, 3.63) is 60.4 Å². The van der Waals surface area contributed by atoms with Crippen molar-refractivity contribution >= 4 is 15.8 Å². The van der Waals surface area contributed by atoms with E-state index in [0.29, 0.717) is 17.3 Å². The highest BCUT2D eigenvalue weighted by Gasteiger charge is 2.44. The Balaban J connectivity index is 1.38. The van der Waals surface area contributed by atoms with Gasteiger partial charge in [0.05, 0.1) is 29.5 Å². The molecule has 0 bridgehead atoms. The van der Waals surface area contributed by atoms with Gasteiger partial charge in [-0.2, -0.15) is 10.1 Å². The fraction of sp³-hybridized carbons (Fsp3) is 0.318. The summed E-state index contributed by atoms with van der Waals surface area (Å²) in [6.45, 7) is 0.273. The predicted octanol–water partition coefficient (Wildman–Crippen LogP) is 2.49. The van der Waals surface area contributed by atoms with Gasteiger partial charge in [0.2, 0.25) is 5.95 Å². The highest BCUT2D eigenvalue weighted by atomic mass is 32.2. The molecule has 3 aromatic heterocycles. The largest absolute Gasteiger partial charge is 0.368 e. The molecule has 1 aromatic carbocycles. The molecule has 0 atom stereocenters. The first-order chi connectivity index (χ1) is 15.8. The maximum atomic E-state index is 11.4. The van der Waals surface area contributed by atoms with Crippen molar-refractivity contribution < 1.29 is 12.9 Å². The minimum atomic E-state index is -3.07. The van der Waals surface area contributed by atoms with Crippen molar-refractivity contribution in [2.45, 2.75) is 31.2 Å². The number of aryl methyl sites for hydroxylation is 1. The molecule has 0 saturated heterocycles. The van der Waals surface area contributed by atoms with Crippen LogP contribution in [0.3, 0.4) is 0 Å². The molecule has 0 unspecified atom stereocenters. The minimum Gasteiger partial charge on any atom is -0.368 e. The van der Waals surface area contributed by atoms with E-state index in [9.17, 15) is 8.42 Å². The van der Waals surface area contributed by atoms with Crippen molar-refractivity contribution in [3.63, 3.8) is 0 Å². The normalized spacial score (nSPS) is 15.3. The molecule has 0 spiro atoms. The topological polar surface area (TPSA) is 143 Å². The number of hydrogen-bond acceptors (Lipinski definition) is 9. The third-order valence-electron chi connectivity index (χ3n) is 6.08. The number of nitrogen functional groups attached to an aromatic ring is 1. The predicted molar refractivity (Wildman–Crippen MR) is 122 cm³/mol. The van der Waals surface area contributed by atoms with E-state index in [0.717, 1.165) is 36.0 Å². The molecule has 0 radical (unpaired) electrons. The number of benzene rings is 1. The lowest BCUT2D eigenvalue weighted by atomic mass is 9.64. The summed E-state index contributed by atoms with van der Waals surface area (Å²) in [7, 11) is -3.07. The fourth-order valence-corrected chi connectivity index (χ4v) is 4.55. The Morgan fingerprint density at radius 1 is 1.06 bits per heavy atom. The molecule has 1 aliphatic rings. The van der Waals surface area contributed by atoms with E-state index in [-0.39, 0.29) is 23.7 Å². The van der Waals surface area contributed by atoms with Crippen LogP contribution in [0, 0.1) is 0 Å². The van der Waals surface area contributed by atoms with Crippen molar-refractivity contribution in [1.82, 2.24) is 29.9 Å². The van der Waals surface area contributed by atoms with Crippen molar-refractivity contribution in [2.75, 3.05) is 17.7 Å². The van der Waals surface area contributed by atoms with E-state index in [1.54, 1.807) is 29.5 Å². The van der Waals surface area contributed by atoms with E-state index in [2.05, 4.69) is 37.3 Å². The van der Waals surface area contributed by atoms with Crippen LogP contribution in [0.2, 0.25) is 0 Å². The average molecular weight is 466 g/mol. The van der Waals surface area contributed by atoms with E-state index < -0.39 is 9.84 Å². The summed E-state index contributed by atoms with van der Waals surface area (Å²) in [4.78, 5) is 12.8. The van der Waals surface area contributed by atoms with Gasteiger partial charge in [-0.1, -0.05) is 35.8 Å². The number of anilines is 1. The van der Waals surface area contributed by atoms with E-state index in [1.165, 1.54) is 6.26 Å². The summed E-state index contributed by atoms with van der Waals surface area (Å²) in [5.41, 5.74) is 8.98. The van der Waals surface area contributed by atoms with Gasteiger partial charge in [-0.3, -0.25) is 4.68 Å². The summed E-state index contributed by atoms with van der Waals surface area (Å²) < 4.78 is 29.9. The molecule has 33 heavy (non-hydrogen) atoms. The van der Waals surface area contributed by atoms with Crippen LogP contribution >= 0.6 is 0 Å². The Kier molecular flexibility index (Phi) is 5.20. The van der Waals surface area contributed by atoms with Crippen LogP contribution in [0.1, 0.15) is 30.7 Å². The molecular weight excluding hydrogens is 442 g/mol. The van der Waals surface area contributed by atoms with Gasteiger partial charge in [0.15, 0.2) is 5.82 Å². The standard InChI is InChI=1S/C22H23N7O3S/c1-33(30,31)10-9-29-14-17(13-26-29)19-27-20(28-32-19)22(7-2-8-22)18-5-3-15(4-6-18)16-11-24-21(23)25-12-16/h3-6,11-14H,2,7-10H2,1H3,(H2,23,24,25). The maximum absolute atomic E-state index is 11.4. The van der Waals surface area contributed by atoms with Crippen LogP contribution in [0.15, 0.2) is 53.6 Å². The molecule has 5 rings (SSSR count). The van der Waals surface area contributed by atoms with Gasteiger partial charge >= 0.3 is 0 Å². The highest BCUT2D eigenvalue weighted by Crippen LogP contribution is 2.48. The van der Waals surface area contributed by atoms with Crippen LogP contribution in [0.5, 0.6) is 0 Å². The van der Waals surface area contributed by atoms with E-state index >= 15 is 0 Å². The highest BCUT2D eigenvalue weighted by molar-refractivity contribution is 7.90. The van der Waals surface area contributed by atoms with Gasteiger partial charge in [-0.25, -0.2) is 18.4 Å². The van der Waals surface area contributed by atoms with Gasteiger partial charge in [-0.15, -0.1) is 0 Å². The van der Waals surface area contributed by atoms with Crippen molar-refractivity contribution in [1.29, 1.82) is 0 Å². The second-order valence-electron chi connectivity index (χ2n) is 8.39. The number of nitrogens with two attached hydrogens (primary N) is 1. The summed E-state index contributed by atoms with van der Waals surface area (Å²) in [5.74, 6) is 1.29. The molecule has 1 fully saturated rings. The molecule has 0 amide bonds. The molecule has 3 heterocycles. The third-order valence-corrected chi connectivity index (χ3v) is 7.00. The quantitative estimate of drug-likeness (QED) is 0.435. The van der Waals surface area contributed by atoms with Crippen molar-refractivity contribution in [3.8, 4) is 22.6 Å². The van der Waals surface area contributed by atoms with Gasteiger partial charge < -0.3 is 10.3 Å². The fourth-order valence-electron chi connectivity index (χ4n) is 4.03. The lowest BCUT2D eigenvalue weighted by Crippen LogP contribution is -2.36. The van der Waals surface area contributed by atoms with Crippen LogP contribution < -0.4 is 5.73 Å². The first kappa shape index (κ1) is 21.3. The van der Waals surface area contributed by atoms with Gasteiger partial charge in [-0.05, 0) is 24.0 Å². The lowest BCUT2D eigenvalue weighted by Gasteiger charge is -2.39. The van der Waals surface area contributed by atoms with Crippen LogP contribution in [0.25, 0.3) is 22.6 Å². The molecule has 0 aliphatic heterocycles. The Morgan fingerprint density at radius 2 is 1.79 bits per heavy atom. The number of hydrogen-bond donors (Lipinski definition) is 1. The summed E-state index contributed by atoms with van der Waals surface area (Å²) in [6, 6.07) is 8.25. The van der Waals surface area contributed by atoms with Crippen LogP contribution in [0.4, 0.5) is 5.95 Å². The zero-order valence-electron chi connectivity index (χ0n) is 18.0. The Bertz CT molecular complexity index is 1370. The molecule has 170 valence electrons. The van der Waals surface area contributed by atoms with Crippen molar-refractivity contribution in [2.24, 2.45) is 0 Å². The van der Waals surface area contributed by atoms with Gasteiger partial charge in [0, 0.05) is 30.4 Å². The van der Waals surface area contributed by atoms with Crippen LogP contribution in [-0.4, -0.2) is 50.3 Å². The second-order valence-corrected chi connectivity index (χ2v) is 10.6. The Morgan fingerprint density at radius 3 is 2.42 bits per heavy atom. The SMILES string of the molecule is CS(=O)(=O)CCn1cc(-c2nc(C3(c4ccc(-c5cnc(N)nc5)cc4)CCC3)no2)cn1. The first-order valence-electron chi connectivity index (χ1n) is 10.6. The number of rotatable bonds is 7. The first-order valence-corrected chi connectivity index (χ1v) is 12.6. The molecular formula is C22H23N7O3S. The van der Waals surface area contributed by atoms with Gasteiger partial charge in [0.1, 0.15) is 9.84 Å². The smallest absolute Gasteiger partial charge is 0.261 e. The molecule has 11 heteroatoms. The summed E-state index contributed by atoms with van der Waals surface area (Å²) in [6.07, 6.45) is 10.9. The lowest BCUT2D eigenvalue weighted by molar-refractivity contribution is 0.273. The van der Waals surface area contributed by atoms with Crippen LogP contribution in [-0.2, 0) is 21.8 Å². The number of nitrogens with zero attached hydrogens (tertiary/aromatic N) is 6. The summed E-state index contributed by atoms with van der Waals surface area (Å²) in [5, 5.41) is 8.50.